The zero-order chi connectivity index (χ0) is 34.0. The molecule has 10 nitrogen and oxygen atoms in total. The highest BCUT2D eigenvalue weighted by atomic mass is 16.3. The molecule has 2 aromatic carbocycles. The highest BCUT2D eigenvalue weighted by Gasteiger charge is 2.54. The van der Waals surface area contributed by atoms with E-state index in [1.54, 1.807) is 4.52 Å². The number of aliphatic hydroxyl groups excluding tert-OH is 1. The van der Waals surface area contributed by atoms with E-state index >= 15 is 0 Å². The van der Waals surface area contributed by atoms with Gasteiger partial charge in [0.15, 0.2) is 5.69 Å². The molecule has 49 heavy (non-hydrogen) atoms. The molecule has 0 radical (unpaired) electrons. The number of benzene rings is 2. The molecule has 10 heteroatoms. The lowest BCUT2D eigenvalue weighted by Crippen LogP contribution is -2.60. The molecule has 2 amide bonds. The van der Waals surface area contributed by atoms with Gasteiger partial charge in [-0.1, -0.05) is 60.7 Å². The SMILES string of the molecule is O=C(N[C@@H]1[C@H]2CC[C@H](C2)[C@@H]1C(=O)N1CCC(O)C2(CCN(Cc3ccccc3)CC2)C1)c1cc2cc(-c3ccccc3)ccn2n1.O=CO. The van der Waals surface area contributed by atoms with Gasteiger partial charge in [-0.3, -0.25) is 19.3 Å². The fraction of sp³-hybridized carbons (Fsp3) is 0.436. The maximum atomic E-state index is 14.3. The summed E-state index contributed by atoms with van der Waals surface area (Å²) in [4.78, 5) is 40.8. The molecule has 8 rings (SSSR count). The number of carbonyl (C=O) groups is 3. The zero-order valence-electron chi connectivity index (χ0n) is 27.7. The van der Waals surface area contributed by atoms with Crippen LogP contribution in [0.3, 0.4) is 0 Å². The number of carboxylic acid groups (broad SMARTS) is 1. The van der Waals surface area contributed by atoms with Gasteiger partial charge in [0.25, 0.3) is 12.4 Å². The van der Waals surface area contributed by atoms with Gasteiger partial charge in [0.2, 0.25) is 5.91 Å². The summed E-state index contributed by atoms with van der Waals surface area (Å²) in [7, 11) is 0. The Morgan fingerprint density at radius 1 is 0.898 bits per heavy atom. The van der Waals surface area contributed by atoms with Crippen LogP contribution in [0.15, 0.2) is 85.1 Å². The molecule has 2 aliphatic carbocycles. The maximum Gasteiger partial charge on any atom is 0.290 e. The summed E-state index contributed by atoms with van der Waals surface area (Å²) in [6.45, 7) is 3.71. The molecule has 4 fully saturated rings. The van der Waals surface area contributed by atoms with Gasteiger partial charge in [0, 0.05) is 37.3 Å². The zero-order valence-corrected chi connectivity index (χ0v) is 27.7. The molecule has 3 N–H and O–H groups in total. The van der Waals surface area contributed by atoms with Crippen molar-refractivity contribution in [2.24, 2.45) is 23.2 Å². The van der Waals surface area contributed by atoms with Crippen LogP contribution in [0.5, 0.6) is 0 Å². The Bertz CT molecular complexity index is 1770. The molecule has 4 aromatic rings. The molecule has 2 aliphatic heterocycles. The first-order valence-electron chi connectivity index (χ1n) is 17.5. The van der Waals surface area contributed by atoms with Crippen molar-refractivity contribution < 1.29 is 24.6 Å². The Morgan fingerprint density at radius 2 is 1.59 bits per heavy atom. The lowest BCUT2D eigenvalue weighted by Gasteiger charge is -2.51. The number of hydrogen-bond acceptors (Lipinski definition) is 6. The van der Waals surface area contributed by atoms with Crippen LogP contribution in [0.2, 0.25) is 0 Å². The number of carbonyl (C=O) groups excluding carboxylic acids is 2. The first-order valence-corrected chi connectivity index (χ1v) is 17.5. The van der Waals surface area contributed by atoms with Crippen molar-refractivity contribution in [3.63, 3.8) is 0 Å². The third-order valence-electron chi connectivity index (χ3n) is 11.6. The van der Waals surface area contributed by atoms with Crippen LogP contribution in [0.1, 0.15) is 54.6 Å². The Morgan fingerprint density at radius 3 is 2.33 bits per heavy atom. The normalized spacial score (nSPS) is 25.9. The summed E-state index contributed by atoms with van der Waals surface area (Å²) in [5.74, 6) is 0.354. The van der Waals surface area contributed by atoms with Gasteiger partial charge < -0.3 is 20.4 Å². The van der Waals surface area contributed by atoms with Crippen molar-refractivity contribution in [2.75, 3.05) is 26.2 Å². The smallest absolute Gasteiger partial charge is 0.290 e. The lowest BCUT2D eigenvalue weighted by molar-refractivity contribution is -0.149. The van der Waals surface area contributed by atoms with Crippen LogP contribution in [0.25, 0.3) is 16.6 Å². The number of aliphatic hydroxyl groups is 1. The number of aromatic nitrogens is 2. The van der Waals surface area contributed by atoms with Crippen molar-refractivity contribution >= 4 is 23.8 Å². The second-order valence-electron chi connectivity index (χ2n) is 14.3. The quantitative estimate of drug-likeness (QED) is 0.255. The van der Waals surface area contributed by atoms with E-state index in [2.05, 4.69) is 57.8 Å². The van der Waals surface area contributed by atoms with Crippen LogP contribution < -0.4 is 5.32 Å². The second kappa shape index (κ2) is 14.1. The predicted octanol–water partition coefficient (Wildman–Crippen LogP) is 4.72. The van der Waals surface area contributed by atoms with E-state index in [-0.39, 0.29) is 41.8 Å². The van der Waals surface area contributed by atoms with Gasteiger partial charge in [0.1, 0.15) is 0 Å². The van der Waals surface area contributed by atoms with E-state index in [0.29, 0.717) is 37.0 Å². The van der Waals surface area contributed by atoms with Crippen molar-refractivity contribution in [1.82, 2.24) is 24.7 Å². The second-order valence-corrected chi connectivity index (χ2v) is 14.3. The van der Waals surface area contributed by atoms with Gasteiger partial charge in [-0.2, -0.15) is 5.10 Å². The summed E-state index contributed by atoms with van der Waals surface area (Å²) in [6, 6.07) is 26.4. The molecule has 1 unspecified atom stereocenters. The Labute approximate surface area is 286 Å². The van der Waals surface area contributed by atoms with E-state index in [4.69, 9.17) is 9.90 Å². The number of piperidine rings is 2. The van der Waals surface area contributed by atoms with Gasteiger partial charge in [-0.05, 0) is 98.3 Å². The maximum absolute atomic E-state index is 14.3. The first kappa shape index (κ1) is 33.0. The van der Waals surface area contributed by atoms with Gasteiger partial charge in [-0.25, -0.2) is 4.52 Å². The third-order valence-corrected chi connectivity index (χ3v) is 11.6. The van der Waals surface area contributed by atoms with E-state index < -0.39 is 0 Å². The standard InChI is InChI=1S/C38H43N5O3.CH2O2/c44-33-14-17-42(25-38(33)15-19-41(20-16-38)24-26-7-3-1-4-8-26)37(46)34-29-11-12-30(21-29)35(34)39-36(45)32-23-31-22-28(13-18-43(31)40-32)27-9-5-2-6-10-27;2-1-3/h1-10,13,18,22-23,29-30,33-35,44H,11-12,14-17,19-21,24-25H2,(H,39,45);1H,(H,2,3)/t29-,30+,33?,34+,35-;/m1./s1. The number of nitrogens with one attached hydrogen (secondary N) is 1. The number of rotatable bonds is 6. The summed E-state index contributed by atoms with van der Waals surface area (Å²) < 4.78 is 1.74. The first-order chi connectivity index (χ1) is 23.9. The Hall–Kier alpha value is -4.54. The monoisotopic (exact) mass is 663 g/mol. The fourth-order valence-corrected chi connectivity index (χ4v) is 9.03. The van der Waals surface area contributed by atoms with E-state index in [0.717, 1.165) is 68.4 Å². The van der Waals surface area contributed by atoms with E-state index in [1.165, 1.54) is 5.56 Å². The average molecular weight is 664 g/mol. The van der Waals surface area contributed by atoms with Crippen molar-refractivity contribution in [2.45, 2.75) is 57.2 Å². The number of nitrogens with zero attached hydrogens (tertiary/aromatic N) is 4. The van der Waals surface area contributed by atoms with Crippen LogP contribution >= 0.6 is 0 Å². The molecule has 2 bridgehead atoms. The molecule has 2 saturated heterocycles. The van der Waals surface area contributed by atoms with Crippen molar-refractivity contribution in [3.05, 3.63) is 96.3 Å². The van der Waals surface area contributed by atoms with Crippen LogP contribution in [0.4, 0.5) is 0 Å². The average Bonchev–Trinajstić information content (AvgIpc) is 3.87. The number of fused-ring (bicyclic) bond motifs is 3. The molecular weight excluding hydrogens is 618 g/mol. The van der Waals surface area contributed by atoms with Crippen LogP contribution in [0, 0.1) is 23.2 Å². The molecule has 2 aromatic heterocycles. The topological polar surface area (TPSA) is 127 Å². The van der Waals surface area contributed by atoms with Gasteiger partial charge in [-0.15, -0.1) is 0 Å². The molecule has 4 heterocycles. The minimum absolute atomic E-state index is 0.165. The Kier molecular flexibility index (Phi) is 9.51. The van der Waals surface area contributed by atoms with E-state index in [9.17, 15) is 14.7 Å². The highest BCUT2D eigenvalue weighted by molar-refractivity contribution is 5.94. The molecule has 5 atom stereocenters. The van der Waals surface area contributed by atoms with Crippen molar-refractivity contribution in [3.8, 4) is 11.1 Å². The number of pyridine rings is 1. The lowest BCUT2D eigenvalue weighted by atomic mass is 9.70. The molecule has 1 spiro atoms. The number of likely N-dealkylation sites (tertiary alicyclic amines) is 2. The largest absolute Gasteiger partial charge is 0.483 e. The van der Waals surface area contributed by atoms with E-state index in [1.807, 2.05) is 47.5 Å². The van der Waals surface area contributed by atoms with Crippen LogP contribution in [-0.4, -0.2) is 86.2 Å². The minimum Gasteiger partial charge on any atom is -0.483 e. The third kappa shape index (κ3) is 6.72. The summed E-state index contributed by atoms with van der Waals surface area (Å²) in [5, 5.41) is 26.0. The van der Waals surface area contributed by atoms with Gasteiger partial charge in [0.05, 0.1) is 17.5 Å². The number of hydrogen-bond donors (Lipinski definition) is 3. The summed E-state index contributed by atoms with van der Waals surface area (Å²) >= 11 is 0. The minimum atomic E-state index is -0.386. The fourth-order valence-electron chi connectivity index (χ4n) is 9.03. The molecule has 2 saturated carbocycles. The molecular formula is C39H45N5O5. The van der Waals surface area contributed by atoms with Gasteiger partial charge >= 0.3 is 0 Å². The summed E-state index contributed by atoms with van der Waals surface area (Å²) in [5.41, 5.74) is 4.48. The number of amides is 2. The van der Waals surface area contributed by atoms with Crippen LogP contribution in [-0.2, 0) is 16.1 Å². The molecule has 4 aliphatic rings. The summed E-state index contributed by atoms with van der Waals surface area (Å²) in [6.07, 6.45) is 6.99. The predicted molar refractivity (Wildman–Crippen MR) is 185 cm³/mol. The van der Waals surface area contributed by atoms with Crippen molar-refractivity contribution in [1.29, 1.82) is 0 Å². The molecule has 256 valence electrons. The highest BCUT2D eigenvalue weighted by Crippen LogP contribution is 2.50. The Balaban J connectivity index is 0.00000122.